The van der Waals surface area contributed by atoms with Crippen LogP contribution in [-0.4, -0.2) is 24.3 Å². The third kappa shape index (κ3) is 3.51. The summed E-state index contributed by atoms with van der Waals surface area (Å²) in [5.74, 6) is -0.318. The summed E-state index contributed by atoms with van der Waals surface area (Å²) in [6.45, 7) is 3.77. The van der Waals surface area contributed by atoms with Crippen molar-refractivity contribution < 1.29 is 23.6 Å². The van der Waals surface area contributed by atoms with E-state index in [2.05, 4.69) is 5.16 Å². The molecule has 3 rings (SSSR count). The number of halogens is 1. The van der Waals surface area contributed by atoms with E-state index >= 15 is 0 Å². The highest BCUT2D eigenvalue weighted by molar-refractivity contribution is 6.33. The predicted molar refractivity (Wildman–Crippen MR) is 95.7 cm³/mol. The summed E-state index contributed by atoms with van der Waals surface area (Å²) in [5.41, 5.74) is 2.17. The van der Waals surface area contributed by atoms with Gasteiger partial charge in [-0.1, -0.05) is 28.9 Å². The van der Waals surface area contributed by atoms with Gasteiger partial charge in [0.15, 0.2) is 0 Å². The second kappa shape index (κ2) is 7.74. The Bertz CT molecular complexity index is 884. The van der Waals surface area contributed by atoms with Crippen LogP contribution in [0.2, 0.25) is 5.02 Å². The number of carbonyl (C=O) groups excluding carboxylic acids is 2. The Balaban J connectivity index is 1.87. The van der Waals surface area contributed by atoms with Gasteiger partial charge in [-0.3, -0.25) is 0 Å². The predicted octanol–water partition coefficient (Wildman–Crippen LogP) is 4.32. The van der Waals surface area contributed by atoms with Crippen LogP contribution in [0.1, 0.15) is 57.6 Å². The number of benzene rings is 1. The van der Waals surface area contributed by atoms with Crippen molar-refractivity contribution >= 4 is 29.3 Å². The fourth-order valence-corrected chi connectivity index (χ4v) is 3.14. The zero-order valence-corrected chi connectivity index (χ0v) is 15.3. The standard InChI is InChI=1S/C19H18ClNO5/c1-3-24-19(23)17-11(2)16-14(9-6-10-15(16)25-17)21-26-18(22)12-7-4-5-8-13(12)20/h4-5,7-8H,3,6,9-10H2,1-2H3/b21-14+. The van der Waals surface area contributed by atoms with Gasteiger partial charge in [0, 0.05) is 17.5 Å². The molecule has 0 saturated heterocycles. The van der Waals surface area contributed by atoms with Gasteiger partial charge in [0.2, 0.25) is 5.76 Å². The molecular weight excluding hydrogens is 358 g/mol. The number of hydrogen-bond donors (Lipinski definition) is 0. The number of rotatable bonds is 4. The Kier molecular flexibility index (Phi) is 5.42. The lowest BCUT2D eigenvalue weighted by molar-refractivity contribution is 0.0485. The molecule has 1 heterocycles. The second-order valence-corrected chi connectivity index (χ2v) is 6.23. The number of hydrogen-bond acceptors (Lipinski definition) is 6. The first-order chi connectivity index (χ1) is 12.5. The number of furan rings is 1. The Hall–Kier alpha value is -2.60. The summed E-state index contributed by atoms with van der Waals surface area (Å²) < 4.78 is 10.7. The molecule has 0 saturated carbocycles. The molecule has 0 N–H and O–H groups in total. The van der Waals surface area contributed by atoms with E-state index in [1.165, 1.54) is 0 Å². The molecule has 26 heavy (non-hydrogen) atoms. The second-order valence-electron chi connectivity index (χ2n) is 5.82. The first kappa shape index (κ1) is 18.2. The van der Waals surface area contributed by atoms with Crippen molar-refractivity contribution in [2.75, 3.05) is 6.61 Å². The zero-order valence-electron chi connectivity index (χ0n) is 14.5. The fourth-order valence-electron chi connectivity index (χ4n) is 2.92. The summed E-state index contributed by atoms with van der Waals surface area (Å²) in [7, 11) is 0. The molecule has 1 aliphatic rings. The number of carbonyl (C=O) groups is 2. The monoisotopic (exact) mass is 375 g/mol. The minimum Gasteiger partial charge on any atom is -0.460 e. The van der Waals surface area contributed by atoms with Gasteiger partial charge in [-0.15, -0.1) is 0 Å². The fraction of sp³-hybridized carbons (Fsp3) is 0.316. The molecular formula is C19H18ClNO5. The number of esters is 1. The molecule has 2 aromatic rings. The molecule has 1 aromatic carbocycles. The number of fused-ring (bicyclic) bond motifs is 1. The van der Waals surface area contributed by atoms with Gasteiger partial charge in [-0.05, 0) is 38.8 Å². The van der Waals surface area contributed by atoms with E-state index in [4.69, 9.17) is 25.6 Å². The SMILES string of the molecule is CCOC(=O)c1oc2c(c1C)/C(=N/OC(=O)c1ccccc1Cl)CCC2. The maximum absolute atomic E-state index is 12.2. The number of ether oxygens (including phenoxy) is 1. The first-order valence-electron chi connectivity index (χ1n) is 8.35. The minimum absolute atomic E-state index is 0.170. The Morgan fingerprint density at radius 3 is 2.73 bits per heavy atom. The highest BCUT2D eigenvalue weighted by atomic mass is 35.5. The molecule has 0 amide bonds. The maximum Gasteiger partial charge on any atom is 0.374 e. The lowest BCUT2D eigenvalue weighted by atomic mass is 9.93. The van der Waals surface area contributed by atoms with Crippen LogP contribution >= 0.6 is 11.6 Å². The molecule has 0 spiro atoms. The van der Waals surface area contributed by atoms with E-state index in [9.17, 15) is 9.59 Å². The molecule has 0 atom stereocenters. The third-order valence-corrected chi connectivity index (χ3v) is 4.45. The lowest BCUT2D eigenvalue weighted by Gasteiger charge is -2.12. The summed E-state index contributed by atoms with van der Waals surface area (Å²) >= 11 is 6.00. The van der Waals surface area contributed by atoms with Gasteiger partial charge in [0.25, 0.3) is 0 Å². The first-order valence-corrected chi connectivity index (χ1v) is 8.73. The van der Waals surface area contributed by atoms with Gasteiger partial charge in [-0.2, -0.15) is 0 Å². The van der Waals surface area contributed by atoms with E-state index in [-0.39, 0.29) is 17.9 Å². The summed E-state index contributed by atoms with van der Waals surface area (Å²) in [6, 6.07) is 6.60. The molecule has 0 unspecified atom stereocenters. The van der Waals surface area contributed by atoms with Crippen LogP contribution in [0, 0.1) is 6.92 Å². The van der Waals surface area contributed by atoms with Crippen LogP contribution in [0.15, 0.2) is 33.8 Å². The lowest BCUT2D eigenvalue weighted by Crippen LogP contribution is -2.13. The van der Waals surface area contributed by atoms with Crippen LogP contribution in [-0.2, 0) is 16.0 Å². The van der Waals surface area contributed by atoms with Gasteiger partial charge in [0.05, 0.1) is 22.9 Å². The quantitative estimate of drug-likeness (QED) is 0.452. The molecule has 1 aromatic heterocycles. The van der Waals surface area contributed by atoms with E-state index in [0.29, 0.717) is 40.5 Å². The van der Waals surface area contributed by atoms with E-state index in [0.717, 1.165) is 6.42 Å². The molecule has 136 valence electrons. The largest absolute Gasteiger partial charge is 0.460 e. The number of aryl methyl sites for hydroxylation is 1. The van der Waals surface area contributed by atoms with Crippen molar-refractivity contribution in [3.63, 3.8) is 0 Å². The van der Waals surface area contributed by atoms with Gasteiger partial charge < -0.3 is 14.0 Å². The highest BCUT2D eigenvalue weighted by Crippen LogP contribution is 2.30. The number of nitrogens with zero attached hydrogens (tertiary/aromatic N) is 1. The van der Waals surface area contributed by atoms with Crippen molar-refractivity contribution in [2.24, 2.45) is 5.16 Å². The minimum atomic E-state index is -0.637. The maximum atomic E-state index is 12.2. The molecule has 6 nitrogen and oxygen atoms in total. The molecule has 1 aliphatic carbocycles. The Labute approximate surface area is 155 Å². The molecule has 0 bridgehead atoms. The Morgan fingerprint density at radius 1 is 1.23 bits per heavy atom. The smallest absolute Gasteiger partial charge is 0.374 e. The number of oxime groups is 1. The van der Waals surface area contributed by atoms with Gasteiger partial charge in [0.1, 0.15) is 5.76 Å². The van der Waals surface area contributed by atoms with Crippen molar-refractivity contribution in [2.45, 2.75) is 33.1 Å². The van der Waals surface area contributed by atoms with Crippen LogP contribution < -0.4 is 0 Å². The summed E-state index contributed by atoms with van der Waals surface area (Å²) in [6.07, 6.45) is 2.09. The van der Waals surface area contributed by atoms with Crippen LogP contribution in [0.4, 0.5) is 0 Å². The average molecular weight is 376 g/mol. The van der Waals surface area contributed by atoms with E-state index in [1.807, 2.05) is 0 Å². The van der Waals surface area contributed by atoms with E-state index < -0.39 is 11.9 Å². The van der Waals surface area contributed by atoms with Crippen molar-refractivity contribution in [1.82, 2.24) is 0 Å². The van der Waals surface area contributed by atoms with Gasteiger partial charge >= 0.3 is 11.9 Å². The molecule has 0 radical (unpaired) electrons. The summed E-state index contributed by atoms with van der Waals surface area (Å²) in [5, 5.41) is 4.32. The van der Waals surface area contributed by atoms with Crippen LogP contribution in [0.5, 0.6) is 0 Å². The van der Waals surface area contributed by atoms with Crippen molar-refractivity contribution in [1.29, 1.82) is 0 Å². The van der Waals surface area contributed by atoms with E-state index in [1.54, 1.807) is 38.1 Å². The zero-order chi connectivity index (χ0) is 18.7. The van der Waals surface area contributed by atoms with Crippen molar-refractivity contribution in [3.8, 4) is 0 Å². The summed E-state index contributed by atoms with van der Waals surface area (Å²) in [4.78, 5) is 29.3. The highest BCUT2D eigenvalue weighted by Gasteiger charge is 2.29. The van der Waals surface area contributed by atoms with Crippen molar-refractivity contribution in [3.05, 3.63) is 57.5 Å². The average Bonchev–Trinajstić information content (AvgIpc) is 2.98. The normalized spacial score (nSPS) is 14.8. The molecule has 0 aliphatic heterocycles. The molecule has 7 heteroatoms. The third-order valence-electron chi connectivity index (χ3n) is 4.12. The van der Waals surface area contributed by atoms with Crippen LogP contribution in [0.25, 0.3) is 0 Å². The topological polar surface area (TPSA) is 78.1 Å². The Morgan fingerprint density at radius 2 is 2.00 bits per heavy atom. The van der Waals surface area contributed by atoms with Crippen LogP contribution in [0.3, 0.4) is 0 Å². The van der Waals surface area contributed by atoms with Gasteiger partial charge in [-0.25, -0.2) is 9.59 Å². The molecule has 0 fully saturated rings.